The maximum atomic E-state index is 11.7. The first kappa shape index (κ1) is 10.9. The molecule has 0 fully saturated rings. The highest BCUT2D eigenvalue weighted by Crippen LogP contribution is 2.25. The van der Waals surface area contributed by atoms with Crippen LogP contribution in [0, 0.1) is 11.8 Å². The summed E-state index contributed by atoms with van der Waals surface area (Å²) in [5.41, 5.74) is 2.60. The van der Waals surface area contributed by atoms with Crippen LogP contribution >= 0.6 is 0 Å². The van der Waals surface area contributed by atoms with E-state index >= 15 is 0 Å². The molecule has 2 aliphatic rings. The SMILES string of the molecule is CCN(CC)C1=NNC(=O)C2C=CC=CC12. The van der Waals surface area contributed by atoms with E-state index in [1.54, 1.807) is 0 Å². The first-order valence-electron chi connectivity index (χ1n) is 5.75. The van der Waals surface area contributed by atoms with E-state index in [-0.39, 0.29) is 17.7 Å². The summed E-state index contributed by atoms with van der Waals surface area (Å²) in [6.07, 6.45) is 7.91. The van der Waals surface area contributed by atoms with Gasteiger partial charge in [0, 0.05) is 13.1 Å². The zero-order valence-electron chi connectivity index (χ0n) is 9.68. The fourth-order valence-electron chi connectivity index (χ4n) is 2.19. The van der Waals surface area contributed by atoms with E-state index in [1.165, 1.54) is 0 Å². The molecule has 1 amide bonds. The van der Waals surface area contributed by atoms with Gasteiger partial charge in [0.15, 0.2) is 0 Å². The van der Waals surface area contributed by atoms with Crippen molar-refractivity contribution >= 4 is 11.7 Å². The minimum Gasteiger partial charge on any atom is -0.359 e. The average molecular weight is 219 g/mol. The smallest absolute Gasteiger partial charge is 0.248 e. The number of fused-ring (bicyclic) bond motifs is 1. The summed E-state index contributed by atoms with van der Waals surface area (Å²) in [6, 6.07) is 0. The topological polar surface area (TPSA) is 44.7 Å². The number of carbonyl (C=O) groups is 1. The molecule has 0 radical (unpaired) electrons. The van der Waals surface area contributed by atoms with Crippen LogP contribution in [-0.2, 0) is 4.79 Å². The Hall–Kier alpha value is -1.58. The van der Waals surface area contributed by atoms with Crippen molar-refractivity contribution in [2.24, 2.45) is 16.9 Å². The Morgan fingerprint density at radius 3 is 2.50 bits per heavy atom. The molecule has 0 spiro atoms. The highest BCUT2D eigenvalue weighted by atomic mass is 16.2. The molecule has 1 aliphatic heterocycles. The lowest BCUT2D eigenvalue weighted by Crippen LogP contribution is -2.48. The van der Waals surface area contributed by atoms with Gasteiger partial charge in [0.1, 0.15) is 5.84 Å². The molecule has 0 aromatic heterocycles. The Bertz CT molecular complexity index is 366. The van der Waals surface area contributed by atoms with Crippen molar-refractivity contribution in [3.8, 4) is 0 Å². The second-order valence-corrected chi connectivity index (χ2v) is 3.94. The van der Waals surface area contributed by atoms with Gasteiger partial charge >= 0.3 is 0 Å². The predicted molar refractivity (Wildman–Crippen MR) is 63.8 cm³/mol. The first-order chi connectivity index (χ1) is 7.77. The summed E-state index contributed by atoms with van der Waals surface area (Å²) in [7, 11) is 0. The van der Waals surface area contributed by atoms with Gasteiger partial charge in [-0.2, -0.15) is 5.10 Å². The minimum atomic E-state index is -0.0990. The summed E-state index contributed by atoms with van der Waals surface area (Å²) >= 11 is 0. The highest BCUT2D eigenvalue weighted by molar-refractivity contribution is 5.97. The third-order valence-electron chi connectivity index (χ3n) is 3.10. The van der Waals surface area contributed by atoms with Gasteiger partial charge in [-0.25, -0.2) is 5.43 Å². The molecule has 0 saturated carbocycles. The quantitative estimate of drug-likeness (QED) is 0.756. The standard InChI is InChI=1S/C12H17N3O/c1-3-15(4-2)11-9-7-5-6-8-10(9)12(16)14-13-11/h5-10H,3-4H2,1-2H3,(H,14,16). The maximum absolute atomic E-state index is 11.7. The normalized spacial score (nSPS) is 27.1. The molecule has 4 nitrogen and oxygen atoms in total. The van der Waals surface area contributed by atoms with E-state index in [0.717, 1.165) is 18.9 Å². The molecule has 86 valence electrons. The van der Waals surface area contributed by atoms with E-state index in [1.807, 2.05) is 18.2 Å². The second-order valence-electron chi connectivity index (χ2n) is 3.94. The van der Waals surface area contributed by atoms with Crippen molar-refractivity contribution in [2.75, 3.05) is 13.1 Å². The highest BCUT2D eigenvalue weighted by Gasteiger charge is 2.35. The Morgan fingerprint density at radius 2 is 1.88 bits per heavy atom. The van der Waals surface area contributed by atoms with Gasteiger partial charge in [0.05, 0.1) is 11.8 Å². The van der Waals surface area contributed by atoms with Gasteiger partial charge in [-0.15, -0.1) is 0 Å². The Balaban J connectivity index is 2.29. The molecule has 1 heterocycles. The van der Waals surface area contributed by atoms with Crippen molar-refractivity contribution in [1.29, 1.82) is 0 Å². The number of allylic oxidation sites excluding steroid dienone is 2. The monoisotopic (exact) mass is 219 g/mol. The largest absolute Gasteiger partial charge is 0.359 e. The van der Waals surface area contributed by atoms with Crippen LogP contribution in [0.1, 0.15) is 13.8 Å². The molecule has 1 aliphatic carbocycles. The van der Waals surface area contributed by atoms with Gasteiger partial charge < -0.3 is 4.90 Å². The van der Waals surface area contributed by atoms with E-state index in [0.29, 0.717) is 0 Å². The molecule has 4 heteroatoms. The fourth-order valence-corrected chi connectivity index (χ4v) is 2.19. The van der Waals surface area contributed by atoms with E-state index < -0.39 is 0 Å². The molecular weight excluding hydrogens is 202 g/mol. The van der Waals surface area contributed by atoms with Crippen LogP contribution in [0.4, 0.5) is 0 Å². The van der Waals surface area contributed by atoms with Gasteiger partial charge in [-0.05, 0) is 13.8 Å². The first-order valence-corrected chi connectivity index (χ1v) is 5.75. The molecule has 2 atom stereocenters. The summed E-state index contributed by atoms with van der Waals surface area (Å²) in [4.78, 5) is 13.8. The summed E-state index contributed by atoms with van der Waals surface area (Å²) in [6.45, 7) is 6.01. The molecule has 0 saturated heterocycles. The second kappa shape index (κ2) is 4.51. The van der Waals surface area contributed by atoms with Crippen LogP contribution in [-0.4, -0.2) is 29.7 Å². The Morgan fingerprint density at radius 1 is 1.25 bits per heavy atom. The summed E-state index contributed by atoms with van der Waals surface area (Å²) < 4.78 is 0. The van der Waals surface area contributed by atoms with Gasteiger partial charge in [-0.3, -0.25) is 4.79 Å². The van der Waals surface area contributed by atoms with Crippen molar-refractivity contribution < 1.29 is 4.79 Å². The molecule has 16 heavy (non-hydrogen) atoms. The number of nitrogens with zero attached hydrogens (tertiary/aromatic N) is 2. The molecule has 2 rings (SSSR count). The fraction of sp³-hybridized carbons (Fsp3) is 0.500. The third-order valence-corrected chi connectivity index (χ3v) is 3.10. The van der Waals surface area contributed by atoms with Gasteiger partial charge in [0.25, 0.3) is 0 Å². The predicted octanol–water partition coefficient (Wildman–Crippen LogP) is 1.13. The molecular formula is C12H17N3O. The zero-order valence-corrected chi connectivity index (χ0v) is 9.68. The number of rotatable bonds is 2. The lowest BCUT2D eigenvalue weighted by molar-refractivity contribution is -0.124. The molecule has 0 aromatic rings. The van der Waals surface area contributed by atoms with Crippen molar-refractivity contribution in [3.05, 3.63) is 24.3 Å². The lowest BCUT2D eigenvalue weighted by Gasteiger charge is -2.34. The molecule has 0 aromatic carbocycles. The Kier molecular flexibility index (Phi) is 3.08. The van der Waals surface area contributed by atoms with E-state index in [9.17, 15) is 4.79 Å². The number of hydrogen-bond donors (Lipinski definition) is 1. The number of amides is 1. The molecule has 0 bridgehead atoms. The van der Waals surface area contributed by atoms with E-state index in [2.05, 4.69) is 35.4 Å². The Labute approximate surface area is 95.7 Å². The molecule has 1 N–H and O–H groups in total. The van der Waals surface area contributed by atoms with Crippen molar-refractivity contribution in [3.63, 3.8) is 0 Å². The van der Waals surface area contributed by atoms with Crippen molar-refractivity contribution in [2.45, 2.75) is 13.8 Å². The number of amidine groups is 1. The number of carbonyl (C=O) groups excluding carboxylic acids is 1. The molecule has 2 unspecified atom stereocenters. The van der Waals surface area contributed by atoms with Crippen LogP contribution in [0.2, 0.25) is 0 Å². The van der Waals surface area contributed by atoms with Crippen LogP contribution in [0.3, 0.4) is 0 Å². The third kappa shape index (κ3) is 1.75. The van der Waals surface area contributed by atoms with Gasteiger partial charge in [0.2, 0.25) is 5.91 Å². The van der Waals surface area contributed by atoms with Crippen LogP contribution in [0.15, 0.2) is 29.4 Å². The summed E-state index contributed by atoms with van der Waals surface area (Å²) in [5, 5.41) is 4.19. The van der Waals surface area contributed by atoms with Gasteiger partial charge in [-0.1, -0.05) is 24.3 Å². The van der Waals surface area contributed by atoms with E-state index in [4.69, 9.17) is 0 Å². The number of hydrogen-bond acceptors (Lipinski definition) is 3. The average Bonchev–Trinajstić information content (AvgIpc) is 2.34. The number of hydrazone groups is 1. The maximum Gasteiger partial charge on any atom is 0.248 e. The van der Waals surface area contributed by atoms with Crippen LogP contribution < -0.4 is 5.43 Å². The van der Waals surface area contributed by atoms with Crippen LogP contribution in [0.5, 0.6) is 0 Å². The number of nitrogens with one attached hydrogen (secondary N) is 1. The zero-order chi connectivity index (χ0) is 11.5. The van der Waals surface area contributed by atoms with Crippen molar-refractivity contribution in [1.82, 2.24) is 10.3 Å². The minimum absolute atomic E-state index is 0.0125. The summed E-state index contributed by atoms with van der Waals surface area (Å²) in [5.74, 6) is 0.952. The van der Waals surface area contributed by atoms with Crippen LogP contribution in [0.25, 0.3) is 0 Å². The lowest BCUT2D eigenvalue weighted by atomic mass is 9.85.